The molecule has 0 heterocycles. The van der Waals surface area contributed by atoms with Crippen LogP contribution < -0.4 is 0 Å². The van der Waals surface area contributed by atoms with E-state index in [1.807, 2.05) is 13.8 Å². The average Bonchev–Trinajstić information content (AvgIpc) is 2.58. The molecule has 146 valence electrons. The molecule has 0 spiro atoms. The summed E-state index contributed by atoms with van der Waals surface area (Å²) < 4.78 is 10.9. The van der Waals surface area contributed by atoms with E-state index < -0.39 is 0 Å². The van der Waals surface area contributed by atoms with Gasteiger partial charge in [-0.1, -0.05) is 103 Å². The van der Waals surface area contributed by atoms with Crippen molar-refractivity contribution in [3.63, 3.8) is 0 Å². The van der Waals surface area contributed by atoms with Crippen molar-refractivity contribution >= 4 is 0 Å². The van der Waals surface area contributed by atoms with E-state index in [0.29, 0.717) is 0 Å². The Morgan fingerprint density at radius 2 is 0.875 bits per heavy atom. The van der Waals surface area contributed by atoms with Crippen LogP contribution in [0, 0.1) is 0 Å². The van der Waals surface area contributed by atoms with Gasteiger partial charge in [0.15, 0.2) is 6.29 Å². The number of hydrogen-bond donors (Lipinski definition) is 0. The van der Waals surface area contributed by atoms with Gasteiger partial charge in [0.1, 0.15) is 0 Å². The van der Waals surface area contributed by atoms with Crippen molar-refractivity contribution in [2.24, 2.45) is 0 Å². The molecule has 0 aliphatic heterocycles. The molecule has 0 aromatic heterocycles. The lowest BCUT2D eigenvalue weighted by Crippen LogP contribution is -2.13. The molecule has 0 aromatic rings. The molecular weight excluding hydrogens is 296 g/mol. The Morgan fingerprint density at radius 1 is 0.500 bits per heavy atom. The Hall–Kier alpha value is -0.0800. The largest absolute Gasteiger partial charge is 0.353 e. The summed E-state index contributed by atoms with van der Waals surface area (Å²) in [6.07, 6.45) is 22.5. The van der Waals surface area contributed by atoms with Crippen LogP contribution in [0.5, 0.6) is 0 Å². The third-order valence-electron chi connectivity index (χ3n) is 4.75. The first-order chi connectivity index (χ1) is 11.8. The van der Waals surface area contributed by atoms with Crippen molar-refractivity contribution in [1.29, 1.82) is 0 Å². The van der Waals surface area contributed by atoms with Gasteiger partial charge < -0.3 is 9.47 Å². The molecule has 0 saturated carbocycles. The lowest BCUT2D eigenvalue weighted by molar-refractivity contribution is -0.127. The predicted octanol–water partition coefficient (Wildman–Crippen LogP) is 7.65. The molecule has 0 bridgehead atoms. The standard InChI is InChI=1S/C22H46O2/c1-4-6-7-8-9-10-11-12-13-14-15-16-17-18-19-20-21-24-22(3)23-5-2/h22H,4-21H2,1-3H3. The summed E-state index contributed by atoms with van der Waals surface area (Å²) in [5, 5.41) is 0. The number of hydrogen-bond acceptors (Lipinski definition) is 2. The summed E-state index contributed by atoms with van der Waals surface area (Å²) in [4.78, 5) is 0. The van der Waals surface area contributed by atoms with E-state index in [1.165, 1.54) is 103 Å². The highest BCUT2D eigenvalue weighted by molar-refractivity contribution is 4.50. The first-order valence-corrected chi connectivity index (χ1v) is 11.0. The first kappa shape index (κ1) is 23.9. The SMILES string of the molecule is CCCCCCCCCCCCCCCCCCOC(C)OCC. The van der Waals surface area contributed by atoms with Crippen LogP contribution in [0.3, 0.4) is 0 Å². The second kappa shape index (κ2) is 21.0. The van der Waals surface area contributed by atoms with Gasteiger partial charge in [0.2, 0.25) is 0 Å². The second-order valence-corrected chi connectivity index (χ2v) is 7.20. The van der Waals surface area contributed by atoms with E-state index in [4.69, 9.17) is 9.47 Å². The molecule has 0 N–H and O–H groups in total. The topological polar surface area (TPSA) is 18.5 Å². The zero-order valence-electron chi connectivity index (χ0n) is 17.1. The normalized spacial score (nSPS) is 12.6. The van der Waals surface area contributed by atoms with E-state index in [-0.39, 0.29) is 6.29 Å². The molecule has 0 amide bonds. The molecule has 0 saturated heterocycles. The Bertz CT molecular complexity index is 218. The van der Waals surface area contributed by atoms with E-state index in [2.05, 4.69) is 6.92 Å². The van der Waals surface area contributed by atoms with Crippen LogP contribution in [0.4, 0.5) is 0 Å². The first-order valence-electron chi connectivity index (χ1n) is 11.0. The van der Waals surface area contributed by atoms with Crippen LogP contribution in [0.15, 0.2) is 0 Å². The van der Waals surface area contributed by atoms with Crippen molar-refractivity contribution in [2.45, 2.75) is 130 Å². The van der Waals surface area contributed by atoms with Crippen LogP contribution in [-0.4, -0.2) is 19.5 Å². The zero-order valence-corrected chi connectivity index (χ0v) is 17.1. The highest BCUT2D eigenvalue weighted by Gasteiger charge is 1.99. The minimum atomic E-state index is -0.0358. The lowest BCUT2D eigenvalue weighted by atomic mass is 10.0. The number of ether oxygens (including phenoxy) is 2. The molecule has 2 heteroatoms. The van der Waals surface area contributed by atoms with E-state index in [9.17, 15) is 0 Å². The minimum Gasteiger partial charge on any atom is -0.353 e. The quantitative estimate of drug-likeness (QED) is 0.167. The van der Waals surface area contributed by atoms with Crippen molar-refractivity contribution in [1.82, 2.24) is 0 Å². The Labute approximate surface area is 153 Å². The summed E-state index contributed by atoms with van der Waals surface area (Å²) >= 11 is 0. The van der Waals surface area contributed by atoms with Crippen LogP contribution in [0.1, 0.15) is 124 Å². The minimum absolute atomic E-state index is 0.0358. The number of rotatable bonds is 20. The summed E-state index contributed by atoms with van der Waals surface area (Å²) in [6, 6.07) is 0. The second-order valence-electron chi connectivity index (χ2n) is 7.20. The predicted molar refractivity (Wildman–Crippen MR) is 107 cm³/mol. The van der Waals surface area contributed by atoms with Gasteiger partial charge in [-0.25, -0.2) is 0 Å². The van der Waals surface area contributed by atoms with Gasteiger partial charge in [-0.2, -0.15) is 0 Å². The molecular formula is C22H46O2. The van der Waals surface area contributed by atoms with Crippen LogP contribution in [0.25, 0.3) is 0 Å². The molecule has 0 aromatic carbocycles. The van der Waals surface area contributed by atoms with E-state index in [1.54, 1.807) is 0 Å². The van der Waals surface area contributed by atoms with Gasteiger partial charge in [0.25, 0.3) is 0 Å². The molecule has 0 aliphatic carbocycles. The van der Waals surface area contributed by atoms with Gasteiger partial charge in [-0.15, -0.1) is 0 Å². The summed E-state index contributed by atoms with van der Waals surface area (Å²) in [5.74, 6) is 0. The average molecular weight is 343 g/mol. The lowest BCUT2D eigenvalue weighted by Gasteiger charge is -2.12. The Balaban J connectivity index is 3.00. The maximum absolute atomic E-state index is 5.58. The molecule has 1 atom stereocenters. The molecule has 2 nitrogen and oxygen atoms in total. The highest BCUT2D eigenvalue weighted by Crippen LogP contribution is 2.13. The zero-order chi connectivity index (χ0) is 17.7. The fourth-order valence-corrected chi connectivity index (χ4v) is 3.18. The molecule has 0 fully saturated rings. The molecule has 0 radical (unpaired) electrons. The number of unbranched alkanes of at least 4 members (excludes halogenated alkanes) is 15. The van der Waals surface area contributed by atoms with Crippen LogP contribution in [0.2, 0.25) is 0 Å². The van der Waals surface area contributed by atoms with Crippen LogP contribution in [-0.2, 0) is 9.47 Å². The fourth-order valence-electron chi connectivity index (χ4n) is 3.18. The van der Waals surface area contributed by atoms with E-state index >= 15 is 0 Å². The monoisotopic (exact) mass is 342 g/mol. The van der Waals surface area contributed by atoms with Crippen molar-refractivity contribution < 1.29 is 9.47 Å². The van der Waals surface area contributed by atoms with E-state index in [0.717, 1.165) is 13.2 Å². The van der Waals surface area contributed by atoms with Gasteiger partial charge in [0.05, 0.1) is 0 Å². The molecule has 24 heavy (non-hydrogen) atoms. The third kappa shape index (κ3) is 20.0. The molecule has 1 unspecified atom stereocenters. The maximum atomic E-state index is 5.58. The summed E-state index contributed by atoms with van der Waals surface area (Å²) in [6.45, 7) is 7.86. The Kier molecular flexibility index (Phi) is 20.9. The van der Waals surface area contributed by atoms with Gasteiger partial charge in [-0.05, 0) is 20.3 Å². The maximum Gasteiger partial charge on any atom is 0.154 e. The summed E-state index contributed by atoms with van der Waals surface area (Å²) in [5.41, 5.74) is 0. The van der Waals surface area contributed by atoms with Gasteiger partial charge >= 0.3 is 0 Å². The smallest absolute Gasteiger partial charge is 0.154 e. The Morgan fingerprint density at radius 3 is 1.25 bits per heavy atom. The molecule has 0 rings (SSSR count). The van der Waals surface area contributed by atoms with Crippen molar-refractivity contribution in [3.8, 4) is 0 Å². The van der Waals surface area contributed by atoms with Gasteiger partial charge in [0, 0.05) is 13.2 Å². The molecule has 0 aliphatic rings. The van der Waals surface area contributed by atoms with Crippen molar-refractivity contribution in [3.05, 3.63) is 0 Å². The third-order valence-corrected chi connectivity index (χ3v) is 4.75. The highest BCUT2D eigenvalue weighted by atomic mass is 16.7. The van der Waals surface area contributed by atoms with Crippen LogP contribution >= 0.6 is 0 Å². The van der Waals surface area contributed by atoms with Gasteiger partial charge in [-0.3, -0.25) is 0 Å². The fraction of sp³-hybridized carbons (Fsp3) is 1.00. The summed E-state index contributed by atoms with van der Waals surface area (Å²) in [7, 11) is 0. The van der Waals surface area contributed by atoms with Crippen molar-refractivity contribution in [2.75, 3.05) is 13.2 Å².